The number of hydrogen-bond acceptors (Lipinski definition) is 16. The molecule has 0 bridgehead atoms. The summed E-state index contributed by atoms with van der Waals surface area (Å²) in [6.45, 7) is -1.08. The Bertz CT molecular complexity index is 1400. The number of furan rings is 1. The van der Waals surface area contributed by atoms with Crippen LogP contribution in [-0.4, -0.2) is 54.6 Å². The first-order chi connectivity index (χ1) is 16.7. The second kappa shape index (κ2) is 14.6. The number of nitrogen functional groups attached to an aromatic ring is 1. The van der Waals surface area contributed by atoms with Gasteiger partial charge in [-0.2, -0.15) is 0 Å². The van der Waals surface area contributed by atoms with Crippen LogP contribution in [0, 0.1) is 0 Å². The molecule has 4 rings (SSSR count). The molecule has 0 saturated carbocycles. The molecule has 1 aliphatic rings. The maximum atomic E-state index is 11.8. The number of phosphoric ester groups is 1. The van der Waals surface area contributed by atoms with Crippen LogP contribution in [0.4, 0.5) is 5.82 Å². The van der Waals surface area contributed by atoms with Crippen molar-refractivity contribution in [1.82, 2.24) is 14.5 Å². The number of fused-ring (bicyclic) bond motifs is 1. The number of hydrogen-bond donors (Lipinski definition) is 4. The average molecular weight is 638 g/mol. The molecule has 1 aliphatic heterocycles. The standard InChI is InChI=1S/C15H19N4O14P3.3Na/c16-13-10-7(8-2-1-3-29-8)4-19(14(10)18-6-17-13)15-12(21)11(20)9(31-15)5-30-35(25,26)33-36(27,28)32-34(22,23)24;;;/h1-4,6,9,11-12,15,20-21H,5H2,(H,25,26)(H,27,28)(H2,16,17,18)(H2,22,23,24);;;/q;3*+1/p-3/t9-,11?,12+,15-;;;/m1.../s1. The number of ether oxygens (including phenoxy) is 1. The third kappa shape index (κ3) is 9.24. The van der Waals surface area contributed by atoms with Gasteiger partial charge < -0.3 is 53.8 Å². The quantitative estimate of drug-likeness (QED) is 0.125. The van der Waals surface area contributed by atoms with Gasteiger partial charge in [0.2, 0.25) is 0 Å². The maximum Gasteiger partial charge on any atom is 1.00 e. The summed E-state index contributed by atoms with van der Waals surface area (Å²) in [5, 5.41) is 21.3. The van der Waals surface area contributed by atoms with Gasteiger partial charge in [0.25, 0.3) is 23.5 Å². The van der Waals surface area contributed by atoms with Crippen molar-refractivity contribution in [2.45, 2.75) is 24.5 Å². The summed E-state index contributed by atoms with van der Waals surface area (Å²) in [6, 6.07) is 3.23. The zero-order valence-electron chi connectivity index (χ0n) is 20.5. The molecule has 0 amide bonds. The fourth-order valence-electron chi connectivity index (χ4n) is 3.47. The van der Waals surface area contributed by atoms with Gasteiger partial charge in [-0.15, -0.1) is 0 Å². The topological polar surface area (TPSA) is 288 Å². The Morgan fingerprint density at radius 2 is 1.72 bits per heavy atom. The molecular weight excluding hydrogens is 622 g/mol. The molecule has 1 fully saturated rings. The summed E-state index contributed by atoms with van der Waals surface area (Å²) in [5.74, 6) is 0.435. The Kier molecular flexibility index (Phi) is 14.3. The van der Waals surface area contributed by atoms with Gasteiger partial charge in [-0.1, -0.05) is 0 Å². The van der Waals surface area contributed by atoms with E-state index in [0.717, 1.165) is 6.33 Å². The Balaban J connectivity index is 0.00000253. The van der Waals surface area contributed by atoms with Crippen molar-refractivity contribution in [2.75, 3.05) is 12.3 Å². The predicted octanol–water partition coefficient (Wildman–Crippen LogP) is -10.6. The van der Waals surface area contributed by atoms with Gasteiger partial charge >= 0.3 is 88.7 Å². The van der Waals surface area contributed by atoms with E-state index >= 15 is 0 Å². The van der Waals surface area contributed by atoms with Crippen molar-refractivity contribution in [1.29, 1.82) is 0 Å². The number of nitrogens with zero attached hydrogens (tertiary/aromatic N) is 3. The minimum Gasteiger partial charge on any atom is -0.756 e. The Hall–Kier alpha value is 0.990. The molecule has 0 radical (unpaired) electrons. The van der Waals surface area contributed by atoms with Crippen LogP contribution in [0.1, 0.15) is 6.23 Å². The number of phosphoric acid groups is 3. The summed E-state index contributed by atoms with van der Waals surface area (Å²) < 4.78 is 56.8. The first-order valence-corrected chi connectivity index (χ1v) is 14.0. The number of anilines is 1. The third-order valence-electron chi connectivity index (χ3n) is 4.84. The first-order valence-electron chi connectivity index (χ1n) is 9.57. The van der Waals surface area contributed by atoms with Crippen LogP contribution in [0.3, 0.4) is 0 Å². The number of rotatable bonds is 9. The van der Waals surface area contributed by atoms with Crippen molar-refractivity contribution in [3.8, 4) is 11.3 Å². The molecule has 0 aromatic carbocycles. The van der Waals surface area contributed by atoms with Gasteiger partial charge in [-0.25, -0.2) is 18.6 Å². The second-order valence-corrected chi connectivity index (χ2v) is 11.5. The molecule has 5 N–H and O–H groups in total. The van der Waals surface area contributed by atoms with Crippen LogP contribution in [0.5, 0.6) is 0 Å². The van der Waals surface area contributed by atoms with E-state index in [0.29, 0.717) is 16.7 Å². The average Bonchev–Trinajstić information content (AvgIpc) is 3.44. The number of aromatic nitrogens is 3. The summed E-state index contributed by atoms with van der Waals surface area (Å²) in [6.07, 6.45) is -2.36. The molecule has 18 nitrogen and oxygen atoms in total. The van der Waals surface area contributed by atoms with Crippen molar-refractivity contribution < 1.29 is 154 Å². The van der Waals surface area contributed by atoms with Gasteiger partial charge in [0.15, 0.2) is 6.23 Å². The van der Waals surface area contributed by atoms with E-state index in [1.807, 2.05) is 0 Å². The molecular formula is C15H16N4Na3O14P3. The molecule has 0 aliphatic carbocycles. The van der Waals surface area contributed by atoms with Crippen LogP contribution in [0.15, 0.2) is 35.3 Å². The monoisotopic (exact) mass is 638 g/mol. The van der Waals surface area contributed by atoms with Crippen molar-refractivity contribution in [3.05, 3.63) is 30.9 Å². The molecule has 4 unspecified atom stereocenters. The first kappa shape index (κ1) is 38.0. The van der Waals surface area contributed by atoms with Crippen molar-refractivity contribution in [2.24, 2.45) is 0 Å². The molecule has 24 heteroatoms. The fourth-order valence-corrected chi connectivity index (χ4v) is 6.37. The van der Waals surface area contributed by atoms with Gasteiger partial charge in [-0.3, -0.25) is 13.7 Å². The van der Waals surface area contributed by atoms with E-state index in [2.05, 4.69) is 23.1 Å². The second-order valence-electron chi connectivity index (χ2n) is 7.25. The van der Waals surface area contributed by atoms with E-state index in [1.165, 1.54) is 17.0 Å². The molecule has 3 aromatic heterocycles. The smallest absolute Gasteiger partial charge is 0.756 e. The van der Waals surface area contributed by atoms with Gasteiger partial charge in [0.05, 0.1) is 18.3 Å². The third-order valence-corrected chi connectivity index (χ3v) is 8.53. The maximum absolute atomic E-state index is 11.8. The van der Waals surface area contributed by atoms with E-state index in [4.69, 9.17) is 19.8 Å². The Labute approximate surface area is 285 Å². The van der Waals surface area contributed by atoms with Crippen molar-refractivity contribution in [3.63, 3.8) is 0 Å². The van der Waals surface area contributed by atoms with Crippen LogP contribution in [0.25, 0.3) is 22.4 Å². The van der Waals surface area contributed by atoms with Crippen LogP contribution in [0.2, 0.25) is 0 Å². The SMILES string of the molecule is Nc1ncnc2c1c(-c1ccco1)cn2[C@@H]1O[C@H](COP(=O)([O-])OP(=O)([O-])OP(=O)([O-])O)C(O)[C@@H]1O.[Na+].[Na+].[Na+]. The summed E-state index contributed by atoms with van der Waals surface area (Å²) in [4.78, 5) is 50.0. The van der Waals surface area contributed by atoms with Crippen molar-refractivity contribution >= 4 is 40.3 Å². The molecule has 198 valence electrons. The predicted molar refractivity (Wildman–Crippen MR) is 109 cm³/mol. The zero-order chi connectivity index (χ0) is 26.5. The molecule has 4 heterocycles. The Morgan fingerprint density at radius 3 is 2.31 bits per heavy atom. The molecule has 39 heavy (non-hydrogen) atoms. The normalized spacial score (nSPS) is 25.4. The zero-order valence-corrected chi connectivity index (χ0v) is 29.2. The van der Waals surface area contributed by atoms with Gasteiger partial charge in [0.1, 0.15) is 41.9 Å². The van der Waals surface area contributed by atoms with E-state index in [9.17, 15) is 38.6 Å². The minimum atomic E-state index is -6.11. The Morgan fingerprint density at radius 1 is 1.05 bits per heavy atom. The number of nitrogens with two attached hydrogens (primary N) is 1. The van der Waals surface area contributed by atoms with E-state index in [-0.39, 0.29) is 100 Å². The van der Waals surface area contributed by atoms with E-state index in [1.54, 1.807) is 12.1 Å². The van der Waals surface area contributed by atoms with Crippen LogP contribution >= 0.6 is 23.5 Å². The van der Waals surface area contributed by atoms with Crippen LogP contribution < -0.4 is 109 Å². The minimum absolute atomic E-state index is 0. The molecule has 3 aromatic rings. The largest absolute Gasteiger partial charge is 1.00 e. The summed E-state index contributed by atoms with van der Waals surface area (Å²) in [5.41, 5.74) is 6.56. The summed E-state index contributed by atoms with van der Waals surface area (Å²) in [7, 11) is -17.8. The fraction of sp³-hybridized carbons (Fsp3) is 0.333. The molecule has 1 saturated heterocycles. The number of aliphatic hydroxyl groups excluding tert-OH is 2. The number of aliphatic hydroxyl groups is 2. The molecule has 0 spiro atoms. The van der Waals surface area contributed by atoms with Gasteiger partial charge in [0, 0.05) is 11.8 Å². The van der Waals surface area contributed by atoms with Gasteiger partial charge in [-0.05, 0) is 12.1 Å². The van der Waals surface area contributed by atoms with Crippen LogP contribution in [-0.2, 0) is 31.6 Å². The summed E-state index contributed by atoms with van der Waals surface area (Å²) >= 11 is 0. The van der Waals surface area contributed by atoms with E-state index < -0.39 is 54.6 Å². The molecule has 7 atom stereocenters.